The van der Waals surface area contributed by atoms with Crippen molar-refractivity contribution in [2.75, 3.05) is 19.7 Å². The van der Waals surface area contributed by atoms with Crippen LogP contribution in [0.15, 0.2) is 0 Å². The fourth-order valence-electron chi connectivity index (χ4n) is 0.0645. The van der Waals surface area contributed by atoms with Gasteiger partial charge in [0, 0.05) is 18.6 Å². The number of hydrogen-bond donors (Lipinski definition) is 4. The van der Waals surface area contributed by atoms with Gasteiger partial charge in [-0.15, -0.1) is 0 Å². The topological polar surface area (TPSA) is 78.5 Å². The van der Waals surface area contributed by atoms with Gasteiger partial charge < -0.3 is 16.0 Å². The molecular formula is C7H20N2O2. The first kappa shape index (κ1) is 13.4. The zero-order valence-electron chi connectivity index (χ0n) is 7.59. The SMILES string of the molecule is CC(C)(CN)CO.CCNO. The second-order valence-corrected chi connectivity index (χ2v) is 3.04. The third-order valence-electron chi connectivity index (χ3n) is 1.14. The van der Waals surface area contributed by atoms with E-state index < -0.39 is 0 Å². The summed E-state index contributed by atoms with van der Waals surface area (Å²) in [4.78, 5) is 0. The summed E-state index contributed by atoms with van der Waals surface area (Å²) in [6.45, 7) is 7.01. The molecule has 0 bridgehead atoms. The third-order valence-corrected chi connectivity index (χ3v) is 1.14. The molecule has 0 atom stereocenters. The first-order valence-electron chi connectivity index (χ1n) is 3.72. The van der Waals surface area contributed by atoms with E-state index in [1.807, 2.05) is 26.3 Å². The first-order valence-corrected chi connectivity index (χ1v) is 3.72. The summed E-state index contributed by atoms with van der Waals surface area (Å²) >= 11 is 0. The van der Waals surface area contributed by atoms with E-state index >= 15 is 0 Å². The highest BCUT2D eigenvalue weighted by molar-refractivity contribution is 4.65. The van der Waals surface area contributed by atoms with Crippen LogP contribution in [0, 0.1) is 5.41 Å². The standard InChI is InChI=1S/C5H13NO.C2H7NO/c1-5(2,3-6)4-7;1-2-3-4/h7H,3-4,6H2,1-2H3;3-4H,2H2,1H3. The molecule has 0 fully saturated rings. The van der Waals surface area contributed by atoms with Gasteiger partial charge in [-0.05, 0) is 6.54 Å². The van der Waals surface area contributed by atoms with Gasteiger partial charge in [0.1, 0.15) is 0 Å². The van der Waals surface area contributed by atoms with Crippen LogP contribution in [0.4, 0.5) is 0 Å². The Balaban J connectivity index is 0. The summed E-state index contributed by atoms with van der Waals surface area (Å²) in [5.41, 5.74) is 7.10. The minimum absolute atomic E-state index is 0.0833. The summed E-state index contributed by atoms with van der Waals surface area (Å²) < 4.78 is 0. The molecule has 0 amide bonds. The number of nitrogens with two attached hydrogens (primary N) is 1. The highest BCUT2D eigenvalue weighted by atomic mass is 16.5. The van der Waals surface area contributed by atoms with Gasteiger partial charge in [-0.2, -0.15) is 0 Å². The molecular weight excluding hydrogens is 144 g/mol. The number of hydrogen-bond acceptors (Lipinski definition) is 4. The zero-order chi connectivity index (χ0) is 9.33. The molecule has 0 aromatic carbocycles. The Bertz CT molecular complexity index is 68.8. The van der Waals surface area contributed by atoms with Crippen molar-refractivity contribution in [2.24, 2.45) is 11.1 Å². The van der Waals surface area contributed by atoms with Crippen molar-refractivity contribution in [3.05, 3.63) is 0 Å². The predicted octanol–water partition coefficient (Wildman–Crippen LogP) is -0.0513. The molecule has 0 radical (unpaired) electrons. The molecule has 0 aromatic rings. The lowest BCUT2D eigenvalue weighted by Gasteiger charge is -2.17. The van der Waals surface area contributed by atoms with Crippen LogP contribution < -0.4 is 11.2 Å². The smallest absolute Gasteiger partial charge is 0.0494 e. The Kier molecular flexibility index (Phi) is 9.70. The molecule has 0 saturated carbocycles. The normalized spacial score (nSPS) is 10.4. The fraction of sp³-hybridized carbons (Fsp3) is 1.00. The molecule has 0 spiro atoms. The van der Waals surface area contributed by atoms with E-state index in [4.69, 9.17) is 16.0 Å². The number of rotatable bonds is 3. The van der Waals surface area contributed by atoms with Gasteiger partial charge in [-0.3, -0.25) is 0 Å². The van der Waals surface area contributed by atoms with Crippen molar-refractivity contribution >= 4 is 0 Å². The molecule has 70 valence electrons. The number of hydroxylamine groups is 1. The predicted molar refractivity (Wildman–Crippen MR) is 45.4 cm³/mol. The van der Waals surface area contributed by atoms with E-state index in [-0.39, 0.29) is 12.0 Å². The van der Waals surface area contributed by atoms with Gasteiger partial charge in [0.25, 0.3) is 0 Å². The van der Waals surface area contributed by atoms with E-state index in [9.17, 15) is 0 Å². The molecule has 0 unspecified atom stereocenters. The van der Waals surface area contributed by atoms with E-state index in [1.54, 1.807) is 0 Å². The van der Waals surface area contributed by atoms with E-state index in [0.717, 1.165) is 0 Å². The average Bonchev–Trinajstić information content (AvgIpc) is 2.05. The summed E-state index contributed by atoms with van der Waals surface area (Å²) in [7, 11) is 0. The molecule has 0 aliphatic carbocycles. The van der Waals surface area contributed by atoms with Crippen LogP contribution >= 0.6 is 0 Å². The van der Waals surface area contributed by atoms with Crippen molar-refractivity contribution in [3.8, 4) is 0 Å². The molecule has 4 heteroatoms. The van der Waals surface area contributed by atoms with Gasteiger partial charge >= 0.3 is 0 Å². The molecule has 11 heavy (non-hydrogen) atoms. The third kappa shape index (κ3) is 12.9. The van der Waals surface area contributed by atoms with Gasteiger partial charge in [0.05, 0.1) is 0 Å². The van der Waals surface area contributed by atoms with Crippen LogP contribution in [-0.4, -0.2) is 30.0 Å². The van der Waals surface area contributed by atoms with Crippen LogP contribution in [-0.2, 0) is 0 Å². The second-order valence-electron chi connectivity index (χ2n) is 3.04. The van der Waals surface area contributed by atoms with Crippen LogP contribution in [0.25, 0.3) is 0 Å². The molecule has 0 heterocycles. The molecule has 0 rings (SSSR count). The maximum atomic E-state index is 8.51. The highest BCUT2D eigenvalue weighted by Gasteiger charge is 2.11. The summed E-state index contributed by atoms with van der Waals surface area (Å²) in [5.74, 6) is 0. The maximum absolute atomic E-state index is 8.51. The van der Waals surface area contributed by atoms with Crippen molar-refractivity contribution in [3.63, 3.8) is 0 Å². The summed E-state index contributed by atoms with van der Waals surface area (Å²) in [5, 5.41) is 16.1. The average molecular weight is 164 g/mol. The van der Waals surface area contributed by atoms with Crippen LogP contribution in [0.5, 0.6) is 0 Å². The number of nitrogens with one attached hydrogen (secondary N) is 1. The van der Waals surface area contributed by atoms with E-state index in [0.29, 0.717) is 13.1 Å². The number of aliphatic hydroxyl groups is 1. The Morgan fingerprint density at radius 1 is 1.45 bits per heavy atom. The Morgan fingerprint density at radius 3 is 1.82 bits per heavy atom. The largest absolute Gasteiger partial charge is 0.396 e. The summed E-state index contributed by atoms with van der Waals surface area (Å²) in [6.07, 6.45) is 0. The van der Waals surface area contributed by atoms with Gasteiger partial charge in [-0.1, -0.05) is 20.8 Å². The molecule has 0 aliphatic heterocycles. The minimum Gasteiger partial charge on any atom is -0.396 e. The lowest BCUT2D eigenvalue weighted by atomic mass is 9.96. The van der Waals surface area contributed by atoms with Crippen molar-refractivity contribution < 1.29 is 10.3 Å². The van der Waals surface area contributed by atoms with Crippen molar-refractivity contribution in [1.82, 2.24) is 5.48 Å². The Morgan fingerprint density at radius 2 is 1.82 bits per heavy atom. The quantitative estimate of drug-likeness (QED) is 0.441. The fourth-order valence-corrected chi connectivity index (χ4v) is 0.0645. The maximum Gasteiger partial charge on any atom is 0.0494 e. The van der Waals surface area contributed by atoms with E-state index in [1.165, 1.54) is 0 Å². The Hall–Kier alpha value is -0.160. The van der Waals surface area contributed by atoms with Crippen molar-refractivity contribution in [1.29, 1.82) is 0 Å². The van der Waals surface area contributed by atoms with Gasteiger partial charge in [-0.25, -0.2) is 5.48 Å². The van der Waals surface area contributed by atoms with Crippen LogP contribution in [0.1, 0.15) is 20.8 Å². The second kappa shape index (κ2) is 7.94. The molecule has 0 aliphatic rings. The zero-order valence-corrected chi connectivity index (χ0v) is 7.59. The Labute approximate surface area is 68.4 Å². The molecule has 5 N–H and O–H groups in total. The number of aliphatic hydroxyl groups excluding tert-OH is 1. The van der Waals surface area contributed by atoms with E-state index in [2.05, 4.69) is 0 Å². The van der Waals surface area contributed by atoms with Crippen LogP contribution in [0.3, 0.4) is 0 Å². The monoisotopic (exact) mass is 164 g/mol. The first-order chi connectivity index (χ1) is 5.04. The summed E-state index contributed by atoms with van der Waals surface area (Å²) in [6, 6.07) is 0. The highest BCUT2D eigenvalue weighted by Crippen LogP contribution is 2.08. The van der Waals surface area contributed by atoms with Crippen molar-refractivity contribution in [2.45, 2.75) is 20.8 Å². The molecule has 0 aromatic heterocycles. The minimum atomic E-state index is -0.0833. The lowest BCUT2D eigenvalue weighted by Crippen LogP contribution is -2.26. The van der Waals surface area contributed by atoms with Gasteiger partial charge in [0.15, 0.2) is 0 Å². The van der Waals surface area contributed by atoms with Crippen LogP contribution in [0.2, 0.25) is 0 Å². The molecule has 0 saturated heterocycles. The van der Waals surface area contributed by atoms with Gasteiger partial charge in [0.2, 0.25) is 0 Å². The lowest BCUT2D eigenvalue weighted by molar-refractivity contribution is 0.167. The molecule has 4 nitrogen and oxygen atoms in total.